The number of hydrogen-bond acceptors (Lipinski definition) is 3. The highest BCUT2D eigenvalue weighted by Gasteiger charge is 2.15. The molecule has 1 rings (SSSR count). The standard InChI is InChI=1S/C13H18FNO3/c1-3-15(6-7-16)13(17)10-4-5-12(14)11(8-10)9-18-2/h4-5,8,16H,3,6-7,9H2,1-2H3. The van der Waals surface area contributed by atoms with Gasteiger partial charge in [0.05, 0.1) is 13.2 Å². The van der Waals surface area contributed by atoms with Crippen LogP contribution in [0.25, 0.3) is 0 Å². The minimum atomic E-state index is -0.390. The summed E-state index contributed by atoms with van der Waals surface area (Å²) in [7, 11) is 1.47. The van der Waals surface area contributed by atoms with Crippen molar-refractivity contribution in [1.29, 1.82) is 0 Å². The van der Waals surface area contributed by atoms with Crippen LogP contribution in [0.15, 0.2) is 18.2 Å². The quantitative estimate of drug-likeness (QED) is 0.836. The van der Waals surface area contributed by atoms with E-state index in [4.69, 9.17) is 9.84 Å². The first-order valence-electron chi connectivity index (χ1n) is 5.81. The number of rotatable bonds is 6. The van der Waals surface area contributed by atoms with Gasteiger partial charge in [0, 0.05) is 31.3 Å². The Morgan fingerprint density at radius 1 is 1.50 bits per heavy atom. The molecule has 0 spiro atoms. The number of nitrogens with zero attached hydrogens (tertiary/aromatic N) is 1. The van der Waals surface area contributed by atoms with Crippen molar-refractivity contribution < 1.29 is 19.0 Å². The molecule has 1 amide bonds. The molecule has 0 bridgehead atoms. The number of amides is 1. The predicted molar refractivity (Wildman–Crippen MR) is 65.8 cm³/mol. The summed E-state index contributed by atoms with van der Waals surface area (Å²) in [6.07, 6.45) is 0. The lowest BCUT2D eigenvalue weighted by Gasteiger charge is -2.20. The molecule has 0 aliphatic carbocycles. The largest absolute Gasteiger partial charge is 0.395 e. The smallest absolute Gasteiger partial charge is 0.253 e. The van der Waals surface area contributed by atoms with Crippen LogP contribution in [0.3, 0.4) is 0 Å². The zero-order valence-corrected chi connectivity index (χ0v) is 10.6. The van der Waals surface area contributed by atoms with E-state index in [0.717, 1.165) is 0 Å². The minimum absolute atomic E-state index is 0.0916. The van der Waals surface area contributed by atoms with Gasteiger partial charge in [-0.1, -0.05) is 0 Å². The third-order valence-corrected chi connectivity index (χ3v) is 2.63. The van der Waals surface area contributed by atoms with Crippen LogP contribution >= 0.6 is 0 Å². The third-order valence-electron chi connectivity index (χ3n) is 2.63. The fraction of sp³-hybridized carbons (Fsp3) is 0.462. The molecule has 0 fully saturated rings. The number of carbonyl (C=O) groups excluding carboxylic acids is 1. The van der Waals surface area contributed by atoms with Gasteiger partial charge in [-0.2, -0.15) is 0 Å². The Hall–Kier alpha value is -1.46. The molecule has 0 aromatic heterocycles. The van der Waals surface area contributed by atoms with Crippen molar-refractivity contribution in [1.82, 2.24) is 4.90 Å². The Balaban J connectivity index is 2.94. The normalized spacial score (nSPS) is 10.4. The molecule has 0 radical (unpaired) electrons. The average Bonchev–Trinajstić information content (AvgIpc) is 2.38. The monoisotopic (exact) mass is 255 g/mol. The Bertz CT molecular complexity index is 409. The van der Waals surface area contributed by atoms with E-state index in [9.17, 15) is 9.18 Å². The van der Waals surface area contributed by atoms with Crippen LogP contribution in [0.2, 0.25) is 0 Å². The molecule has 0 unspecified atom stereocenters. The van der Waals surface area contributed by atoms with Gasteiger partial charge in [0.25, 0.3) is 5.91 Å². The van der Waals surface area contributed by atoms with Crippen LogP contribution in [0.1, 0.15) is 22.8 Å². The molecule has 0 aliphatic rings. The van der Waals surface area contributed by atoms with Gasteiger partial charge in [0.15, 0.2) is 0 Å². The fourth-order valence-electron chi connectivity index (χ4n) is 1.68. The second-order valence-electron chi connectivity index (χ2n) is 3.85. The van der Waals surface area contributed by atoms with Crippen LogP contribution < -0.4 is 0 Å². The molecule has 0 atom stereocenters. The summed E-state index contributed by atoms with van der Waals surface area (Å²) in [4.78, 5) is 13.6. The molecule has 100 valence electrons. The summed E-state index contributed by atoms with van der Waals surface area (Å²) < 4.78 is 18.3. The molecule has 18 heavy (non-hydrogen) atoms. The Morgan fingerprint density at radius 3 is 2.78 bits per heavy atom. The first kappa shape index (κ1) is 14.6. The Labute approximate surface area is 106 Å². The first-order valence-corrected chi connectivity index (χ1v) is 5.81. The molecule has 4 nitrogen and oxygen atoms in total. The number of aliphatic hydroxyl groups excluding tert-OH is 1. The number of carbonyl (C=O) groups is 1. The second kappa shape index (κ2) is 7.08. The number of methoxy groups -OCH3 is 1. The van der Waals surface area contributed by atoms with Gasteiger partial charge in [0.2, 0.25) is 0 Å². The molecule has 5 heteroatoms. The summed E-state index contributed by atoms with van der Waals surface area (Å²) in [5, 5.41) is 8.87. The van der Waals surface area contributed by atoms with Crippen molar-refractivity contribution in [3.05, 3.63) is 35.1 Å². The highest BCUT2D eigenvalue weighted by Crippen LogP contribution is 2.13. The summed E-state index contributed by atoms with van der Waals surface area (Å²) >= 11 is 0. The lowest BCUT2D eigenvalue weighted by molar-refractivity contribution is 0.0731. The maximum Gasteiger partial charge on any atom is 0.253 e. The summed E-state index contributed by atoms with van der Waals surface area (Å²) in [5.41, 5.74) is 0.752. The molecular formula is C13H18FNO3. The molecule has 1 N–H and O–H groups in total. The van der Waals surface area contributed by atoms with E-state index in [-0.39, 0.29) is 25.7 Å². The van der Waals surface area contributed by atoms with Crippen LogP contribution in [0.4, 0.5) is 4.39 Å². The van der Waals surface area contributed by atoms with Crippen molar-refractivity contribution in [2.24, 2.45) is 0 Å². The number of aliphatic hydroxyl groups is 1. The lowest BCUT2D eigenvalue weighted by Crippen LogP contribution is -2.33. The van der Waals surface area contributed by atoms with Gasteiger partial charge in [-0.05, 0) is 25.1 Å². The topological polar surface area (TPSA) is 49.8 Å². The van der Waals surface area contributed by atoms with E-state index in [2.05, 4.69) is 0 Å². The molecule has 0 heterocycles. The van der Waals surface area contributed by atoms with E-state index in [0.29, 0.717) is 17.7 Å². The maximum absolute atomic E-state index is 13.4. The average molecular weight is 255 g/mol. The molecule has 1 aromatic rings. The number of halogens is 1. The number of likely N-dealkylation sites (N-methyl/N-ethyl adjacent to an activating group) is 1. The van der Waals surface area contributed by atoms with Crippen molar-refractivity contribution in [3.63, 3.8) is 0 Å². The van der Waals surface area contributed by atoms with Gasteiger partial charge in [-0.25, -0.2) is 4.39 Å². The van der Waals surface area contributed by atoms with Crippen LogP contribution in [0, 0.1) is 5.82 Å². The minimum Gasteiger partial charge on any atom is -0.395 e. The zero-order chi connectivity index (χ0) is 13.5. The summed E-state index contributed by atoms with van der Waals surface area (Å²) in [5.74, 6) is -0.609. The predicted octanol–water partition coefficient (Wildman–Crippen LogP) is 1.43. The van der Waals surface area contributed by atoms with E-state index >= 15 is 0 Å². The second-order valence-corrected chi connectivity index (χ2v) is 3.85. The van der Waals surface area contributed by atoms with Crippen molar-refractivity contribution in [2.45, 2.75) is 13.5 Å². The molecular weight excluding hydrogens is 237 g/mol. The number of hydrogen-bond donors (Lipinski definition) is 1. The van der Waals surface area contributed by atoms with Crippen LogP contribution in [-0.2, 0) is 11.3 Å². The maximum atomic E-state index is 13.4. The van der Waals surface area contributed by atoms with Gasteiger partial charge in [0.1, 0.15) is 5.82 Å². The van der Waals surface area contributed by atoms with Crippen LogP contribution in [0.5, 0.6) is 0 Å². The Kier molecular flexibility index (Phi) is 5.74. The van der Waals surface area contributed by atoms with Gasteiger partial charge in [-0.15, -0.1) is 0 Å². The fourth-order valence-corrected chi connectivity index (χ4v) is 1.68. The summed E-state index contributed by atoms with van der Waals surface area (Å²) in [6, 6.07) is 4.19. The van der Waals surface area contributed by atoms with Crippen molar-refractivity contribution in [3.8, 4) is 0 Å². The number of benzene rings is 1. The van der Waals surface area contributed by atoms with Gasteiger partial charge in [-0.3, -0.25) is 4.79 Å². The van der Waals surface area contributed by atoms with E-state index < -0.39 is 5.82 Å². The summed E-state index contributed by atoms with van der Waals surface area (Å²) in [6.45, 7) is 2.63. The molecule has 0 aliphatic heterocycles. The van der Waals surface area contributed by atoms with Crippen molar-refractivity contribution in [2.75, 3.05) is 26.8 Å². The number of ether oxygens (including phenoxy) is 1. The highest BCUT2D eigenvalue weighted by molar-refractivity contribution is 5.94. The first-order chi connectivity index (χ1) is 8.63. The zero-order valence-electron chi connectivity index (χ0n) is 10.6. The van der Waals surface area contributed by atoms with Crippen molar-refractivity contribution >= 4 is 5.91 Å². The third kappa shape index (κ3) is 3.51. The molecule has 1 aromatic carbocycles. The highest BCUT2D eigenvalue weighted by atomic mass is 19.1. The van der Waals surface area contributed by atoms with E-state index in [1.807, 2.05) is 6.92 Å². The lowest BCUT2D eigenvalue weighted by atomic mass is 10.1. The van der Waals surface area contributed by atoms with E-state index in [1.165, 1.54) is 30.2 Å². The SMILES string of the molecule is CCN(CCO)C(=O)c1ccc(F)c(COC)c1. The van der Waals surface area contributed by atoms with E-state index in [1.54, 1.807) is 0 Å². The van der Waals surface area contributed by atoms with Gasteiger partial charge >= 0.3 is 0 Å². The van der Waals surface area contributed by atoms with Gasteiger partial charge < -0.3 is 14.7 Å². The molecule has 0 saturated heterocycles. The Morgan fingerprint density at radius 2 is 2.22 bits per heavy atom. The molecule has 0 saturated carbocycles. The van der Waals surface area contributed by atoms with Crippen LogP contribution in [-0.4, -0.2) is 42.7 Å².